The molecule has 0 aromatic heterocycles. The molecule has 264 valence electrons. The van der Waals surface area contributed by atoms with Crippen LogP contribution in [0.4, 0.5) is 22.0 Å². The van der Waals surface area contributed by atoms with Gasteiger partial charge >= 0.3 is 6.18 Å². The van der Waals surface area contributed by atoms with Gasteiger partial charge in [-0.3, -0.25) is 14.5 Å². The van der Waals surface area contributed by atoms with Crippen molar-refractivity contribution >= 4 is 29.4 Å². The average molecular weight is 699 g/mol. The van der Waals surface area contributed by atoms with E-state index in [0.717, 1.165) is 35.9 Å². The van der Waals surface area contributed by atoms with Crippen LogP contribution in [-0.4, -0.2) is 71.5 Å². The molecule has 0 radical (unpaired) electrons. The Bertz CT molecular complexity index is 1560. The number of carbonyl (C=O) groups is 3. The van der Waals surface area contributed by atoms with E-state index in [1.54, 1.807) is 6.92 Å². The maximum Gasteiger partial charge on any atom is 0.430 e. The smallest absolute Gasteiger partial charge is 0.430 e. The summed E-state index contributed by atoms with van der Waals surface area (Å²) in [6.07, 6.45) is -2.68. The lowest BCUT2D eigenvalue weighted by Gasteiger charge is -2.42. The highest BCUT2D eigenvalue weighted by Crippen LogP contribution is 2.56. The summed E-state index contributed by atoms with van der Waals surface area (Å²) in [6, 6.07) is 8.22. The number of rotatable bonds is 5. The van der Waals surface area contributed by atoms with Gasteiger partial charge in [-0.2, -0.15) is 13.2 Å². The molecule has 1 N–H and O–H groups in total. The van der Waals surface area contributed by atoms with E-state index in [2.05, 4.69) is 50.0 Å². The van der Waals surface area contributed by atoms with Gasteiger partial charge in [0.15, 0.2) is 0 Å². The molecule has 3 aliphatic rings. The second-order valence-electron chi connectivity index (χ2n) is 14.2. The van der Waals surface area contributed by atoms with Crippen molar-refractivity contribution < 1.29 is 41.4 Å². The van der Waals surface area contributed by atoms with Crippen molar-refractivity contribution in [3.63, 3.8) is 0 Å². The van der Waals surface area contributed by atoms with Crippen LogP contribution in [0.1, 0.15) is 88.0 Å². The molecular formula is C35H42ClF5N3O4-. The summed E-state index contributed by atoms with van der Waals surface area (Å²) in [4.78, 5) is 39.1. The number of alkyl halides is 3. The first kappa shape index (κ1) is 37.6. The zero-order valence-corrected chi connectivity index (χ0v) is 28.7. The number of aryl methyl sites for hydroxylation is 1. The second kappa shape index (κ2) is 13.9. The molecule has 7 nitrogen and oxygen atoms in total. The minimum atomic E-state index is -5.19. The Balaban J connectivity index is 0.000000671. The van der Waals surface area contributed by atoms with Crippen LogP contribution in [0.2, 0.25) is 5.02 Å². The van der Waals surface area contributed by atoms with Gasteiger partial charge in [0.1, 0.15) is 17.6 Å². The van der Waals surface area contributed by atoms with Crippen molar-refractivity contribution in [3.8, 4) is 0 Å². The predicted molar refractivity (Wildman–Crippen MR) is 169 cm³/mol. The number of nitrogens with zero attached hydrogens (tertiary/aromatic N) is 2. The third kappa shape index (κ3) is 7.80. The number of hydrogen-bond acceptors (Lipinski definition) is 5. The van der Waals surface area contributed by atoms with Crippen LogP contribution in [-0.2, 0) is 19.8 Å². The maximum absolute atomic E-state index is 14.9. The molecule has 2 aliphatic heterocycles. The fraction of sp³-hybridized carbons (Fsp3) is 0.571. The van der Waals surface area contributed by atoms with Gasteiger partial charge in [-0.25, -0.2) is 8.78 Å². The molecule has 2 saturated heterocycles. The molecule has 2 fully saturated rings. The third-order valence-electron chi connectivity index (χ3n) is 10.3. The molecule has 2 amide bonds. The Morgan fingerprint density at radius 3 is 2.15 bits per heavy atom. The van der Waals surface area contributed by atoms with E-state index in [1.807, 2.05) is 11.8 Å². The van der Waals surface area contributed by atoms with Crippen molar-refractivity contribution in [1.82, 2.24) is 15.1 Å². The van der Waals surface area contributed by atoms with Crippen molar-refractivity contribution in [3.05, 3.63) is 69.2 Å². The summed E-state index contributed by atoms with van der Waals surface area (Å²) in [7, 11) is 0. The number of carboxylic acid groups (broad SMARTS) is 1. The second-order valence-corrected chi connectivity index (χ2v) is 14.6. The fourth-order valence-corrected chi connectivity index (χ4v) is 7.90. The van der Waals surface area contributed by atoms with Gasteiger partial charge in [-0.1, -0.05) is 23.7 Å². The van der Waals surface area contributed by atoms with Crippen LogP contribution in [0.3, 0.4) is 0 Å². The maximum atomic E-state index is 14.9. The molecule has 48 heavy (non-hydrogen) atoms. The lowest BCUT2D eigenvalue weighted by Crippen LogP contribution is -2.49. The summed E-state index contributed by atoms with van der Waals surface area (Å²) in [5.74, 6) is -4.80. The van der Waals surface area contributed by atoms with Crippen LogP contribution >= 0.6 is 11.6 Å². The summed E-state index contributed by atoms with van der Waals surface area (Å²) >= 11 is 6.60. The first-order chi connectivity index (χ1) is 22.2. The van der Waals surface area contributed by atoms with E-state index in [-0.39, 0.29) is 41.0 Å². The Morgan fingerprint density at radius 1 is 1.02 bits per heavy atom. The fourth-order valence-electron chi connectivity index (χ4n) is 7.73. The Hall–Kier alpha value is -3.25. The number of carbonyl (C=O) groups excluding carboxylic acids is 3. The molecule has 1 spiro atoms. The normalized spacial score (nSPS) is 22.4. The number of likely N-dealkylation sites (tertiary alicyclic amines) is 2. The number of halogens is 6. The topological polar surface area (TPSA) is 92.8 Å². The van der Waals surface area contributed by atoms with E-state index in [4.69, 9.17) is 21.5 Å². The lowest BCUT2D eigenvalue weighted by atomic mass is 9.71. The highest BCUT2D eigenvalue weighted by atomic mass is 35.5. The molecule has 2 aromatic carbocycles. The van der Waals surface area contributed by atoms with E-state index in [0.29, 0.717) is 31.7 Å². The van der Waals surface area contributed by atoms with Gasteiger partial charge in [-0.15, -0.1) is 0 Å². The summed E-state index contributed by atoms with van der Waals surface area (Å²) in [5, 5.41) is 12.7. The molecule has 1 unspecified atom stereocenters. The lowest BCUT2D eigenvalue weighted by molar-refractivity contribution is -0.344. The van der Waals surface area contributed by atoms with Crippen molar-refractivity contribution in [2.24, 2.45) is 5.92 Å². The Kier molecular flexibility index (Phi) is 10.9. The minimum absolute atomic E-state index is 0.0531. The monoisotopic (exact) mass is 698 g/mol. The number of piperidine rings is 1. The van der Waals surface area contributed by atoms with Crippen LogP contribution < -0.4 is 10.4 Å². The summed E-state index contributed by atoms with van der Waals surface area (Å²) in [5.41, 5.74) is 3.37. The van der Waals surface area contributed by atoms with Crippen molar-refractivity contribution in [2.45, 2.75) is 95.8 Å². The van der Waals surface area contributed by atoms with Crippen molar-refractivity contribution in [1.29, 1.82) is 0 Å². The highest BCUT2D eigenvalue weighted by Gasteiger charge is 2.51. The van der Waals surface area contributed by atoms with Gasteiger partial charge in [0.25, 0.3) is 0 Å². The molecule has 2 heterocycles. The number of hydrogen-bond donors (Lipinski definition) is 1. The van der Waals surface area contributed by atoms with Gasteiger partial charge in [0.2, 0.25) is 11.8 Å². The molecular weight excluding hydrogens is 657 g/mol. The molecule has 13 heteroatoms. The zero-order valence-electron chi connectivity index (χ0n) is 27.9. The Morgan fingerprint density at radius 2 is 1.62 bits per heavy atom. The zero-order chi connectivity index (χ0) is 35.9. The Labute approximate surface area is 282 Å². The number of carboxylic acids is 1. The largest absolute Gasteiger partial charge is 0.542 e. The molecule has 2 aromatic rings. The van der Waals surface area contributed by atoms with Crippen LogP contribution in [0.15, 0.2) is 30.3 Å². The quantitative estimate of drug-likeness (QED) is 0.410. The number of fused-ring (bicyclic) bond motifs is 2. The molecule has 0 bridgehead atoms. The summed E-state index contributed by atoms with van der Waals surface area (Å²) < 4.78 is 60.1. The standard InChI is InChI=1S/C33H42ClF2N3O2.C2HF3O2/c1-19(2)39-17-25(23-8-7-22(35)14-30(23)36)26(18-39)31(41)38-11-9-33(10-12-38)16-28(32(5,6)37-21(4)40)24-15-29(34)20(3)13-27(24)33;3-2(4,5)1(6)7/h7-8,13-15,19,25-26,28H,9-12,16-18H2,1-6H3,(H,37,40);(H,6,7)/p-1/t25-,26?,28+;/m0./s1. The van der Waals surface area contributed by atoms with E-state index >= 15 is 0 Å². The van der Waals surface area contributed by atoms with Gasteiger partial charge < -0.3 is 20.1 Å². The number of amides is 2. The third-order valence-corrected chi connectivity index (χ3v) is 10.7. The van der Waals surface area contributed by atoms with E-state index < -0.39 is 29.3 Å². The highest BCUT2D eigenvalue weighted by molar-refractivity contribution is 6.31. The number of nitrogens with one attached hydrogen (secondary N) is 1. The first-order valence-electron chi connectivity index (χ1n) is 16.0. The van der Waals surface area contributed by atoms with Crippen LogP contribution in [0, 0.1) is 24.5 Å². The van der Waals surface area contributed by atoms with Crippen LogP contribution in [0.25, 0.3) is 0 Å². The van der Waals surface area contributed by atoms with Crippen molar-refractivity contribution in [2.75, 3.05) is 26.2 Å². The molecule has 1 aliphatic carbocycles. The minimum Gasteiger partial charge on any atom is -0.542 e. The van der Waals surface area contributed by atoms with E-state index in [9.17, 15) is 31.5 Å². The first-order valence-corrected chi connectivity index (χ1v) is 16.4. The van der Waals surface area contributed by atoms with Gasteiger partial charge in [0.05, 0.1) is 5.92 Å². The molecule has 5 rings (SSSR count). The van der Waals surface area contributed by atoms with Gasteiger partial charge in [0, 0.05) is 67.6 Å². The van der Waals surface area contributed by atoms with Crippen LogP contribution in [0.5, 0.6) is 0 Å². The number of benzene rings is 2. The van der Waals surface area contributed by atoms with E-state index in [1.165, 1.54) is 23.3 Å². The SMILES string of the molecule is CC(=O)NC(C)(C)[C@@H]1CC2(CCN(C(=O)C3CN(C(C)C)C[C@H]3c3ccc(F)cc3F)CC2)c2cc(C)c(Cl)cc21.O=C([O-])C(F)(F)F. The van der Waals surface area contributed by atoms with Gasteiger partial charge in [-0.05, 0) is 93.7 Å². The predicted octanol–water partition coefficient (Wildman–Crippen LogP) is 5.61. The average Bonchev–Trinajstić information content (AvgIpc) is 3.54. The molecule has 3 atom stereocenters. The summed E-state index contributed by atoms with van der Waals surface area (Å²) in [6.45, 7) is 14.3. The molecule has 0 saturated carbocycles. The number of aliphatic carboxylic acids is 1.